The summed E-state index contributed by atoms with van der Waals surface area (Å²) < 4.78 is 10.4. The number of aliphatic imine (C=N–C) groups is 1. The highest BCUT2D eigenvalue weighted by Crippen LogP contribution is 2.21. The van der Waals surface area contributed by atoms with E-state index in [1.807, 2.05) is 24.3 Å². The van der Waals surface area contributed by atoms with Crippen LogP contribution in [0.1, 0.15) is 30.4 Å². The molecular formula is C25H37IN4O3. The first-order valence-electron chi connectivity index (χ1n) is 10.9. The Bertz CT molecular complexity index is 855. The summed E-state index contributed by atoms with van der Waals surface area (Å²) in [6.45, 7) is 3.77. The van der Waals surface area contributed by atoms with Gasteiger partial charge in [-0.2, -0.15) is 0 Å². The van der Waals surface area contributed by atoms with Gasteiger partial charge in [-0.25, -0.2) is 4.99 Å². The molecule has 1 unspecified atom stereocenters. The molecule has 182 valence electrons. The molecule has 0 spiro atoms. The fourth-order valence-corrected chi connectivity index (χ4v) is 3.09. The lowest BCUT2D eigenvalue weighted by atomic mass is 9.98. The molecule has 2 rings (SSSR count). The van der Waals surface area contributed by atoms with Crippen LogP contribution in [-0.4, -0.2) is 64.7 Å². The summed E-state index contributed by atoms with van der Waals surface area (Å²) in [7, 11) is 6.80. The van der Waals surface area contributed by atoms with Crippen LogP contribution in [0, 0.1) is 0 Å². The molecule has 8 heteroatoms. The second-order valence-corrected chi connectivity index (χ2v) is 7.87. The van der Waals surface area contributed by atoms with Gasteiger partial charge in [0.25, 0.3) is 0 Å². The number of carbonyl (C=O) groups excluding carboxylic acids is 1. The predicted molar refractivity (Wildman–Crippen MR) is 145 cm³/mol. The van der Waals surface area contributed by atoms with Crippen molar-refractivity contribution in [1.82, 2.24) is 15.5 Å². The van der Waals surface area contributed by atoms with Gasteiger partial charge >= 0.3 is 0 Å². The number of hydrogen-bond donors (Lipinski definition) is 2. The number of halogens is 1. The van der Waals surface area contributed by atoms with Gasteiger partial charge in [0.1, 0.15) is 18.0 Å². The topological polar surface area (TPSA) is 75.2 Å². The molecule has 0 heterocycles. The Morgan fingerprint density at radius 3 is 2.03 bits per heavy atom. The van der Waals surface area contributed by atoms with Gasteiger partial charge in [0.15, 0.2) is 5.96 Å². The van der Waals surface area contributed by atoms with Crippen molar-refractivity contribution in [3.05, 3.63) is 59.7 Å². The Labute approximate surface area is 215 Å². The van der Waals surface area contributed by atoms with E-state index in [1.54, 1.807) is 33.2 Å². The highest BCUT2D eigenvalue weighted by Gasteiger charge is 2.08. The number of benzene rings is 2. The van der Waals surface area contributed by atoms with Crippen molar-refractivity contribution >= 4 is 35.8 Å². The molecule has 0 aliphatic carbocycles. The Morgan fingerprint density at radius 2 is 1.48 bits per heavy atom. The maximum absolute atomic E-state index is 12.0. The van der Waals surface area contributed by atoms with E-state index in [9.17, 15) is 4.79 Å². The minimum absolute atomic E-state index is 0. The zero-order chi connectivity index (χ0) is 23.3. The van der Waals surface area contributed by atoms with Crippen molar-refractivity contribution in [2.45, 2.75) is 25.7 Å². The third kappa shape index (κ3) is 10.3. The molecule has 1 amide bonds. The molecule has 0 fully saturated rings. The first kappa shape index (κ1) is 28.5. The first-order valence-corrected chi connectivity index (χ1v) is 10.9. The van der Waals surface area contributed by atoms with E-state index in [0.717, 1.165) is 30.9 Å². The van der Waals surface area contributed by atoms with Crippen LogP contribution < -0.4 is 20.1 Å². The molecule has 7 nitrogen and oxygen atoms in total. The maximum atomic E-state index is 12.0. The van der Waals surface area contributed by atoms with Crippen LogP contribution in [0.15, 0.2) is 53.5 Å². The second kappa shape index (κ2) is 15.4. The molecule has 0 aromatic heterocycles. The van der Waals surface area contributed by atoms with E-state index in [-0.39, 0.29) is 36.4 Å². The summed E-state index contributed by atoms with van der Waals surface area (Å²) in [6.07, 6.45) is 1.78. The Kier molecular flexibility index (Phi) is 13.3. The molecule has 0 aliphatic heterocycles. The van der Waals surface area contributed by atoms with Gasteiger partial charge < -0.3 is 25.0 Å². The first-order chi connectivity index (χ1) is 15.4. The molecular weight excluding hydrogens is 531 g/mol. The summed E-state index contributed by atoms with van der Waals surface area (Å²) in [5.74, 6) is 2.71. The van der Waals surface area contributed by atoms with Gasteiger partial charge in [-0.3, -0.25) is 4.79 Å². The van der Waals surface area contributed by atoms with Crippen LogP contribution in [-0.2, 0) is 11.2 Å². The third-order valence-corrected chi connectivity index (χ3v) is 5.29. The van der Waals surface area contributed by atoms with Crippen LogP contribution in [0.4, 0.5) is 0 Å². The van der Waals surface area contributed by atoms with Crippen LogP contribution in [0.5, 0.6) is 11.5 Å². The van der Waals surface area contributed by atoms with Gasteiger partial charge in [-0.15, -0.1) is 24.0 Å². The van der Waals surface area contributed by atoms with Crippen LogP contribution in [0.3, 0.4) is 0 Å². The van der Waals surface area contributed by atoms with E-state index in [4.69, 9.17) is 9.47 Å². The number of nitrogens with one attached hydrogen (secondary N) is 2. The van der Waals surface area contributed by atoms with Crippen molar-refractivity contribution in [2.24, 2.45) is 4.99 Å². The fraction of sp³-hybridized carbons (Fsp3) is 0.440. The summed E-state index contributed by atoms with van der Waals surface area (Å²) >= 11 is 0. The van der Waals surface area contributed by atoms with Crippen molar-refractivity contribution < 1.29 is 14.3 Å². The van der Waals surface area contributed by atoms with Crippen LogP contribution in [0.25, 0.3) is 0 Å². The Balaban J connectivity index is 0.00000544. The normalized spacial score (nSPS) is 11.7. The van der Waals surface area contributed by atoms with Gasteiger partial charge in [0.05, 0.1) is 14.2 Å². The molecule has 33 heavy (non-hydrogen) atoms. The molecule has 0 saturated heterocycles. The van der Waals surface area contributed by atoms with E-state index in [1.165, 1.54) is 11.1 Å². The predicted octanol–water partition coefficient (Wildman–Crippen LogP) is 3.68. The highest BCUT2D eigenvalue weighted by molar-refractivity contribution is 14.0. The second-order valence-electron chi connectivity index (χ2n) is 7.87. The molecule has 0 saturated carbocycles. The number of carbonyl (C=O) groups is 1. The minimum atomic E-state index is -0.0344. The molecule has 2 aromatic rings. The number of likely N-dealkylation sites (N-methyl/N-ethyl adjacent to an activating group) is 1. The van der Waals surface area contributed by atoms with E-state index in [2.05, 4.69) is 46.8 Å². The van der Waals surface area contributed by atoms with Crippen molar-refractivity contribution in [1.29, 1.82) is 0 Å². The highest BCUT2D eigenvalue weighted by atomic mass is 127. The number of amides is 1. The molecule has 1 atom stereocenters. The maximum Gasteiger partial charge on any atom is 0.243 e. The zero-order valence-corrected chi connectivity index (χ0v) is 22.6. The monoisotopic (exact) mass is 568 g/mol. The van der Waals surface area contributed by atoms with Gasteiger partial charge in [0.2, 0.25) is 5.91 Å². The average molecular weight is 569 g/mol. The summed E-state index contributed by atoms with van der Waals surface area (Å²) in [6, 6.07) is 16.2. The Morgan fingerprint density at radius 1 is 0.939 bits per heavy atom. The van der Waals surface area contributed by atoms with Crippen LogP contribution >= 0.6 is 24.0 Å². The minimum Gasteiger partial charge on any atom is -0.497 e. The summed E-state index contributed by atoms with van der Waals surface area (Å²) in [4.78, 5) is 18.0. The quantitative estimate of drug-likeness (QED) is 0.246. The number of hydrogen-bond acceptors (Lipinski definition) is 4. The molecule has 2 N–H and O–H groups in total. The molecule has 0 bridgehead atoms. The lowest BCUT2D eigenvalue weighted by molar-refractivity contribution is -0.127. The number of guanidine groups is 1. The standard InChI is InChI=1S/C25H36N4O3.HI/c1-19(21-8-12-23(32-5)13-9-21)14-16-26-25(28-18-24(30)29(2)3)27-17-15-20-6-10-22(31-4)11-7-20;/h6-13,19H,14-18H2,1-5H3,(H2,26,27,28);1H. The van der Waals surface area contributed by atoms with Crippen molar-refractivity contribution in [2.75, 3.05) is 47.9 Å². The molecule has 0 aliphatic rings. The zero-order valence-electron chi connectivity index (χ0n) is 20.3. The summed E-state index contributed by atoms with van der Waals surface area (Å²) in [5, 5.41) is 6.71. The van der Waals surface area contributed by atoms with Gasteiger partial charge in [0, 0.05) is 27.2 Å². The van der Waals surface area contributed by atoms with Crippen molar-refractivity contribution in [3.63, 3.8) is 0 Å². The van der Waals surface area contributed by atoms with E-state index >= 15 is 0 Å². The number of nitrogens with zero attached hydrogens (tertiary/aromatic N) is 2. The van der Waals surface area contributed by atoms with Crippen LogP contribution in [0.2, 0.25) is 0 Å². The number of methoxy groups -OCH3 is 2. The smallest absolute Gasteiger partial charge is 0.243 e. The van der Waals surface area contributed by atoms with E-state index < -0.39 is 0 Å². The van der Waals surface area contributed by atoms with Crippen molar-refractivity contribution in [3.8, 4) is 11.5 Å². The van der Waals surface area contributed by atoms with Gasteiger partial charge in [-0.1, -0.05) is 31.2 Å². The average Bonchev–Trinajstić information content (AvgIpc) is 2.82. The third-order valence-electron chi connectivity index (χ3n) is 5.29. The lowest BCUT2D eigenvalue weighted by Gasteiger charge is -2.16. The van der Waals surface area contributed by atoms with Gasteiger partial charge in [-0.05, 0) is 54.2 Å². The molecule has 2 aromatic carbocycles. The SMILES string of the molecule is COc1ccc(CCNC(=NCC(=O)N(C)C)NCCC(C)c2ccc(OC)cc2)cc1.I. The number of ether oxygens (including phenoxy) is 2. The summed E-state index contributed by atoms with van der Waals surface area (Å²) in [5.41, 5.74) is 2.47. The molecule has 0 radical (unpaired) electrons. The number of rotatable bonds is 11. The Hall–Kier alpha value is -2.49. The van der Waals surface area contributed by atoms with E-state index in [0.29, 0.717) is 18.4 Å². The fourth-order valence-electron chi connectivity index (χ4n) is 3.09. The lowest BCUT2D eigenvalue weighted by Crippen LogP contribution is -2.40. The largest absolute Gasteiger partial charge is 0.497 e.